The van der Waals surface area contributed by atoms with Crippen LogP contribution in [0.5, 0.6) is 0 Å². The van der Waals surface area contributed by atoms with Gasteiger partial charge in [-0.05, 0) is 30.2 Å². The smallest absolute Gasteiger partial charge is 0.294 e. The van der Waals surface area contributed by atoms with Gasteiger partial charge in [0.25, 0.3) is 0 Å². The molecule has 0 amide bonds. The molecule has 0 atom stereocenters. The van der Waals surface area contributed by atoms with Crippen molar-refractivity contribution in [2.75, 3.05) is 0 Å². The molecular weight excluding hydrogens is 306 g/mol. The number of carbonyl (C=O) groups excluding carboxylic acids is 1. The number of thiazole rings is 1. The molecule has 0 aliphatic heterocycles. The first-order chi connectivity index (χ1) is 11.2. The van der Waals surface area contributed by atoms with Crippen molar-refractivity contribution in [3.05, 3.63) is 69.3 Å². The number of unbranched alkanes of at least 4 members (excludes halogenated alkanes) is 1. The van der Waals surface area contributed by atoms with Crippen molar-refractivity contribution < 1.29 is 4.79 Å². The molecule has 0 bridgehead atoms. The highest BCUT2D eigenvalue weighted by molar-refractivity contribution is 7.16. The van der Waals surface area contributed by atoms with Crippen LogP contribution in [0.15, 0.2) is 53.3 Å². The fourth-order valence-corrected chi connectivity index (χ4v) is 3.57. The Balaban J connectivity index is 1.94. The molecule has 0 fully saturated rings. The molecule has 0 spiro atoms. The van der Waals surface area contributed by atoms with Crippen molar-refractivity contribution in [2.24, 2.45) is 0 Å². The summed E-state index contributed by atoms with van der Waals surface area (Å²) in [6, 6.07) is 15.5. The van der Waals surface area contributed by atoms with E-state index >= 15 is 0 Å². The monoisotopic (exact) mass is 325 g/mol. The summed E-state index contributed by atoms with van der Waals surface area (Å²) in [7, 11) is 0. The third-order valence-electron chi connectivity index (χ3n) is 3.93. The molecule has 3 nitrogen and oxygen atoms in total. The topological polar surface area (TPSA) is 39.1 Å². The van der Waals surface area contributed by atoms with Gasteiger partial charge in [0.05, 0.1) is 16.8 Å². The molecule has 3 rings (SSSR count). The lowest BCUT2D eigenvalue weighted by Crippen LogP contribution is -2.13. The van der Waals surface area contributed by atoms with Crippen LogP contribution in [0.3, 0.4) is 0 Å². The molecule has 1 heterocycles. The van der Waals surface area contributed by atoms with Gasteiger partial charge in [-0.25, -0.2) is 0 Å². The number of ketones is 1. The quantitative estimate of drug-likeness (QED) is 0.627. The van der Waals surface area contributed by atoms with Gasteiger partial charge in [0, 0.05) is 12.0 Å². The van der Waals surface area contributed by atoms with Crippen LogP contribution in [0.4, 0.5) is 0 Å². The second kappa shape index (κ2) is 6.92. The number of benzene rings is 2. The largest absolute Gasteiger partial charge is 0.308 e. The molecule has 3 aromatic rings. The zero-order valence-corrected chi connectivity index (χ0v) is 13.9. The van der Waals surface area contributed by atoms with Gasteiger partial charge in [-0.2, -0.15) is 0 Å². The van der Waals surface area contributed by atoms with Gasteiger partial charge in [0.1, 0.15) is 0 Å². The van der Waals surface area contributed by atoms with Crippen LogP contribution < -0.4 is 4.87 Å². The number of nitrogens with zero attached hydrogens (tertiary/aromatic N) is 1. The number of hydrogen-bond donors (Lipinski definition) is 0. The first kappa shape index (κ1) is 15.7. The Bertz CT molecular complexity index is 877. The van der Waals surface area contributed by atoms with Gasteiger partial charge in [-0.3, -0.25) is 14.2 Å². The van der Waals surface area contributed by atoms with E-state index in [0.29, 0.717) is 18.5 Å². The maximum atomic E-state index is 12.3. The standard InChI is InChI=1S/C19H19NO2S/c1-2-3-9-17(21)15-10-11-16-18(12-15)23-19(22)20(16)13-14-7-5-4-6-8-14/h4-8,10-12H,2-3,9,13H2,1H3. The van der Waals surface area contributed by atoms with Gasteiger partial charge < -0.3 is 0 Å². The van der Waals surface area contributed by atoms with Crippen LogP contribution in [-0.2, 0) is 6.54 Å². The minimum Gasteiger partial charge on any atom is -0.294 e. The third kappa shape index (κ3) is 3.42. The molecule has 0 N–H and O–H groups in total. The van der Waals surface area contributed by atoms with Crippen molar-refractivity contribution in [1.29, 1.82) is 0 Å². The summed E-state index contributed by atoms with van der Waals surface area (Å²) in [6.45, 7) is 2.63. The van der Waals surface area contributed by atoms with Gasteiger partial charge >= 0.3 is 4.87 Å². The predicted molar refractivity (Wildman–Crippen MR) is 95.5 cm³/mol. The molecule has 0 radical (unpaired) electrons. The molecule has 118 valence electrons. The van der Waals surface area contributed by atoms with Crippen LogP contribution in [0.1, 0.15) is 42.1 Å². The summed E-state index contributed by atoms with van der Waals surface area (Å²) in [5.41, 5.74) is 2.70. The number of rotatable bonds is 6. The SMILES string of the molecule is CCCCC(=O)c1ccc2c(c1)sc(=O)n2Cc1ccccc1. The highest BCUT2D eigenvalue weighted by Crippen LogP contribution is 2.21. The fraction of sp³-hybridized carbons (Fsp3) is 0.263. The summed E-state index contributed by atoms with van der Waals surface area (Å²) in [6.07, 6.45) is 2.48. The van der Waals surface area contributed by atoms with Crippen LogP contribution >= 0.6 is 11.3 Å². The van der Waals surface area contributed by atoms with Gasteiger partial charge in [0.2, 0.25) is 0 Å². The third-order valence-corrected chi connectivity index (χ3v) is 4.87. The number of hydrogen-bond acceptors (Lipinski definition) is 3. The summed E-state index contributed by atoms with van der Waals surface area (Å²) in [5.74, 6) is 0.157. The number of Topliss-reactive ketones (excluding diaryl/α,β-unsaturated/α-hetero) is 1. The van der Waals surface area contributed by atoms with Gasteiger partial charge in [0.15, 0.2) is 5.78 Å². The van der Waals surface area contributed by atoms with E-state index in [1.807, 2.05) is 48.5 Å². The molecule has 0 unspecified atom stereocenters. The normalized spacial score (nSPS) is 11.0. The predicted octanol–water partition coefficient (Wildman–Crippen LogP) is 4.48. The Kier molecular flexibility index (Phi) is 4.72. The van der Waals surface area contributed by atoms with Gasteiger partial charge in [-0.15, -0.1) is 0 Å². The van der Waals surface area contributed by atoms with Crippen LogP contribution in [-0.4, -0.2) is 10.4 Å². The molecule has 23 heavy (non-hydrogen) atoms. The van der Waals surface area contributed by atoms with Crippen molar-refractivity contribution in [2.45, 2.75) is 32.7 Å². The first-order valence-corrected chi connectivity index (χ1v) is 8.71. The van der Waals surface area contributed by atoms with E-state index in [0.717, 1.165) is 28.6 Å². The Morgan fingerprint density at radius 3 is 2.65 bits per heavy atom. The maximum Gasteiger partial charge on any atom is 0.308 e. The van der Waals surface area contributed by atoms with E-state index in [9.17, 15) is 9.59 Å². The number of aromatic nitrogens is 1. The van der Waals surface area contributed by atoms with Crippen LogP contribution in [0.2, 0.25) is 0 Å². The number of carbonyl (C=O) groups is 1. The van der Waals surface area contributed by atoms with Crippen LogP contribution in [0, 0.1) is 0 Å². The summed E-state index contributed by atoms with van der Waals surface area (Å²) < 4.78 is 2.66. The van der Waals surface area contributed by atoms with E-state index in [2.05, 4.69) is 6.92 Å². The van der Waals surface area contributed by atoms with Crippen molar-refractivity contribution in [3.8, 4) is 0 Å². The maximum absolute atomic E-state index is 12.3. The molecule has 2 aromatic carbocycles. The van der Waals surface area contributed by atoms with Crippen molar-refractivity contribution in [1.82, 2.24) is 4.57 Å². The lowest BCUT2D eigenvalue weighted by Gasteiger charge is -2.05. The molecule has 0 saturated carbocycles. The van der Waals surface area contributed by atoms with E-state index in [4.69, 9.17) is 0 Å². The average Bonchev–Trinajstić information content (AvgIpc) is 2.88. The minimum atomic E-state index is 0.0158. The Morgan fingerprint density at radius 1 is 1.13 bits per heavy atom. The van der Waals surface area contributed by atoms with Crippen molar-refractivity contribution >= 4 is 27.3 Å². The van der Waals surface area contributed by atoms with E-state index in [1.165, 1.54) is 11.3 Å². The molecule has 0 saturated heterocycles. The second-order valence-corrected chi connectivity index (χ2v) is 6.64. The summed E-state index contributed by atoms with van der Waals surface area (Å²) >= 11 is 1.21. The second-order valence-electron chi connectivity index (χ2n) is 5.65. The molecule has 0 aliphatic rings. The molecule has 4 heteroatoms. The average molecular weight is 325 g/mol. The summed E-state index contributed by atoms with van der Waals surface area (Å²) in [5, 5.41) is 0. The zero-order valence-electron chi connectivity index (χ0n) is 13.1. The van der Waals surface area contributed by atoms with Gasteiger partial charge in [-0.1, -0.05) is 55.0 Å². The highest BCUT2D eigenvalue weighted by atomic mass is 32.1. The first-order valence-electron chi connectivity index (χ1n) is 7.89. The molecular formula is C19H19NO2S. The van der Waals surface area contributed by atoms with E-state index in [-0.39, 0.29) is 10.7 Å². The molecule has 1 aromatic heterocycles. The minimum absolute atomic E-state index is 0.0158. The lowest BCUT2D eigenvalue weighted by atomic mass is 10.1. The van der Waals surface area contributed by atoms with E-state index < -0.39 is 0 Å². The number of fused-ring (bicyclic) bond motifs is 1. The Morgan fingerprint density at radius 2 is 1.91 bits per heavy atom. The van der Waals surface area contributed by atoms with E-state index in [1.54, 1.807) is 4.57 Å². The lowest BCUT2D eigenvalue weighted by molar-refractivity contribution is 0.0980. The van der Waals surface area contributed by atoms with Crippen LogP contribution in [0.25, 0.3) is 10.2 Å². The van der Waals surface area contributed by atoms with Crippen molar-refractivity contribution in [3.63, 3.8) is 0 Å². The zero-order chi connectivity index (χ0) is 16.2. The molecule has 0 aliphatic carbocycles. The summed E-state index contributed by atoms with van der Waals surface area (Å²) in [4.78, 5) is 24.5. The highest BCUT2D eigenvalue weighted by Gasteiger charge is 2.11. The Labute approximate surface area is 139 Å². The Hall–Kier alpha value is -2.20. The fourth-order valence-electron chi connectivity index (χ4n) is 2.64.